The van der Waals surface area contributed by atoms with Crippen molar-refractivity contribution in [2.45, 2.75) is 13.1 Å². The summed E-state index contributed by atoms with van der Waals surface area (Å²) in [4.78, 5) is 13.4. The molecular formula is C18H16F3NO. The quantitative estimate of drug-likeness (QED) is 0.746. The summed E-state index contributed by atoms with van der Waals surface area (Å²) in [5.41, 5.74) is 0.589. The molecule has 2 aromatic rings. The van der Waals surface area contributed by atoms with Crippen LogP contribution in [-0.2, 0) is 4.79 Å². The van der Waals surface area contributed by atoms with Crippen LogP contribution in [0.4, 0.5) is 18.9 Å². The molecule has 2 aromatic carbocycles. The maximum Gasteiger partial charge on any atom is 0.454 e. The summed E-state index contributed by atoms with van der Waals surface area (Å²) in [6, 6.07) is 16.8. The molecule has 0 amide bonds. The van der Waals surface area contributed by atoms with Crippen molar-refractivity contribution in [3.63, 3.8) is 0 Å². The van der Waals surface area contributed by atoms with Crippen molar-refractivity contribution in [3.05, 3.63) is 72.4 Å². The van der Waals surface area contributed by atoms with Gasteiger partial charge in [0.2, 0.25) is 0 Å². The van der Waals surface area contributed by atoms with E-state index in [2.05, 4.69) is 0 Å². The van der Waals surface area contributed by atoms with Gasteiger partial charge in [-0.15, -0.1) is 0 Å². The molecule has 0 atom stereocenters. The van der Waals surface area contributed by atoms with Gasteiger partial charge in [0.25, 0.3) is 5.78 Å². The molecule has 23 heavy (non-hydrogen) atoms. The maximum atomic E-state index is 12.9. The van der Waals surface area contributed by atoms with E-state index in [1.54, 1.807) is 47.4 Å². The molecule has 0 fully saturated rings. The Morgan fingerprint density at radius 2 is 1.52 bits per heavy atom. The van der Waals surface area contributed by atoms with Gasteiger partial charge in [0, 0.05) is 18.4 Å². The van der Waals surface area contributed by atoms with Gasteiger partial charge in [-0.1, -0.05) is 48.5 Å². The fourth-order valence-electron chi connectivity index (χ4n) is 2.16. The van der Waals surface area contributed by atoms with Crippen molar-refractivity contribution in [1.82, 2.24) is 0 Å². The second-order valence-corrected chi connectivity index (χ2v) is 4.86. The monoisotopic (exact) mass is 319 g/mol. The number of rotatable bonds is 5. The highest BCUT2D eigenvalue weighted by atomic mass is 19.4. The molecule has 0 aliphatic rings. The van der Waals surface area contributed by atoms with Crippen molar-refractivity contribution in [2.75, 3.05) is 11.4 Å². The van der Waals surface area contributed by atoms with Gasteiger partial charge in [0.05, 0.1) is 5.57 Å². The van der Waals surface area contributed by atoms with E-state index in [-0.39, 0.29) is 11.1 Å². The predicted molar refractivity (Wildman–Crippen MR) is 84.9 cm³/mol. The molecule has 0 aliphatic carbocycles. The SMILES string of the molecule is CCN(C=C(C(=O)C(F)(F)F)c1ccccc1)c1ccccc1. The summed E-state index contributed by atoms with van der Waals surface area (Å²) in [5, 5.41) is 0. The first-order chi connectivity index (χ1) is 10.9. The third-order valence-corrected chi connectivity index (χ3v) is 3.30. The highest BCUT2D eigenvalue weighted by Gasteiger charge is 2.41. The van der Waals surface area contributed by atoms with Crippen LogP contribution < -0.4 is 4.90 Å². The van der Waals surface area contributed by atoms with Crippen LogP contribution in [-0.4, -0.2) is 18.5 Å². The fourth-order valence-corrected chi connectivity index (χ4v) is 2.16. The van der Waals surface area contributed by atoms with Gasteiger partial charge in [-0.25, -0.2) is 0 Å². The van der Waals surface area contributed by atoms with Crippen LogP contribution in [0.2, 0.25) is 0 Å². The third kappa shape index (κ3) is 4.22. The largest absolute Gasteiger partial charge is 0.454 e. The van der Waals surface area contributed by atoms with Gasteiger partial charge in [-0.3, -0.25) is 4.79 Å². The zero-order valence-electron chi connectivity index (χ0n) is 12.5. The van der Waals surface area contributed by atoms with E-state index in [9.17, 15) is 18.0 Å². The molecule has 0 saturated carbocycles. The fraction of sp³-hybridized carbons (Fsp3) is 0.167. The first kappa shape index (κ1) is 16.8. The van der Waals surface area contributed by atoms with Crippen molar-refractivity contribution in [3.8, 4) is 0 Å². The maximum absolute atomic E-state index is 12.9. The number of ketones is 1. The van der Waals surface area contributed by atoms with Gasteiger partial charge in [0.1, 0.15) is 0 Å². The summed E-state index contributed by atoms with van der Waals surface area (Å²) in [7, 11) is 0. The second kappa shape index (κ2) is 7.13. The van der Waals surface area contributed by atoms with Gasteiger partial charge in [-0.2, -0.15) is 13.2 Å². The van der Waals surface area contributed by atoms with E-state index in [4.69, 9.17) is 0 Å². The van der Waals surface area contributed by atoms with Gasteiger partial charge < -0.3 is 4.90 Å². The van der Waals surface area contributed by atoms with E-state index >= 15 is 0 Å². The number of carbonyl (C=O) groups is 1. The lowest BCUT2D eigenvalue weighted by Gasteiger charge is -2.21. The highest BCUT2D eigenvalue weighted by molar-refractivity contribution is 6.23. The summed E-state index contributed by atoms with van der Waals surface area (Å²) in [5.74, 6) is -1.85. The number of allylic oxidation sites excluding steroid dienone is 1. The number of nitrogens with zero attached hydrogens (tertiary/aromatic N) is 1. The average molecular weight is 319 g/mol. The molecule has 0 aliphatic heterocycles. The zero-order chi connectivity index (χ0) is 16.9. The average Bonchev–Trinajstić information content (AvgIpc) is 2.56. The number of hydrogen-bond donors (Lipinski definition) is 0. The Bertz CT molecular complexity index is 678. The van der Waals surface area contributed by atoms with Gasteiger partial charge >= 0.3 is 6.18 Å². The molecule has 0 saturated heterocycles. The number of para-hydroxylation sites is 1. The summed E-state index contributed by atoms with van der Waals surface area (Å²) in [6.07, 6.45) is -3.65. The van der Waals surface area contributed by atoms with Crippen molar-refractivity contribution >= 4 is 17.0 Å². The molecular weight excluding hydrogens is 303 g/mol. The Morgan fingerprint density at radius 1 is 1.00 bits per heavy atom. The van der Waals surface area contributed by atoms with Crippen LogP contribution in [0.15, 0.2) is 66.9 Å². The summed E-state index contributed by atoms with van der Waals surface area (Å²) >= 11 is 0. The van der Waals surface area contributed by atoms with Crippen LogP contribution in [0.25, 0.3) is 5.57 Å². The minimum absolute atomic E-state index is 0.240. The van der Waals surface area contributed by atoms with Crippen LogP contribution in [0.5, 0.6) is 0 Å². The Balaban J connectivity index is 2.50. The zero-order valence-corrected chi connectivity index (χ0v) is 12.5. The Labute approximate surface area is 132 Å². The normalized spacial score (nSPS) is 12.1. The lowest BCUT2D eigenvalue weighted by molar-refractivity contribution is -0.164. The summed E-state index contributed by atoms with van der Waals surface area (Å²) in [6.45, 7) is 2.25. The topological polar surface area (TPSA) is 20.3 Å². The molecule has 0 unspecified atom stereocenters. The van der Waals surface area contributed by atoms with Gasteiger partial charge in [-0.05, 0) is 24.6 Å². The highest BCUT2D eigenvalue weighted by Crippen LogP contribution is 2.28. The van der Waals surface area contributed by atoms with Gasteiger partial charge in [0.15, 0.2) is 0 Å². The lowest BCUT2D eigenvalue weighted by atomic mass is 10.0. The van der Waals surface area contributed by atoms with Crippen LogP contribution in [0.3, 0.4) is 0 Å². The van der Waals surface area contributed by atoms with Crippen molar-refractivity contribution < 1.29 is 18.0 Å². The number of hydrogen-bond acceptors (Lipinski definition) is 2. The molecule has 5 heteroatoms. The Morgan fingerprint density at radius 3 is 2.00 bits per heavy atom. The van der Waals surface area contributed by atoms with E-state index in [1.165, 1.54) is 18.3 Å². The van der Waals surface area contributed by atoms with Crippen molar-refractivity contribution in [2.24, 2.45) is 0 Å². The number of benzene rings is 2. The third-order valence-electron chi connectivity index (χ3n) is 3.30. The molecule has 0 radical (unpaired) electrons. The van der Waals surface area contributed by atoms with E-state index in [0.717, 1.165) is 5.69 Å². The summed E-state index contributed by atoms with van der Waals surface area (Å²) < 4.78 is 38.8. The molecule has 120 valence electrons. The number of alkyl halides is 3. The Hall–Kier alpha value is -2.56. The van der Waals surface area contributed by atoms with E-state index in [1.807, 2.05) is 13.0 Å². The molecule has 0 heterocycles. The van der Waals surface area contributed by atoms with Crippen LogP contribution >= 0.6 is 0 Å². The first-order valence-corrected chi connectivity index (χ1v) is 7.14. The molecule has 0 aromatic heterocycles. The van der Waals surface area contributed by atoms with E-state index < -0.39 is 12.0 Å². The Kier molecular flexibility index (Phi) is 5.21. The minimum atomic E-state index is -4.92. The molecule has 2 rings (SSSR count). The molecule has 0 spiro atoms. The van der Waals surface area contributed by atoms with Crippen LogP contribution in [0, 0.1) is 0 Å². The molecule has 2 nitrogen and oxygen atoms in total. The number of anilines is 1. The first-order valence-electron chi connectivity index (χ1n) is 7.14. The lowest BCUT2D eigenvalue weighted by Crippen LogP contribution is -2.26. The van der Waals surface area contributed by atoms with Crippen molar-refractivity contribution in [1.29, 1.82) is 0 Å². The molecule has 0 N–H and O–H groups in total. The van der Waals surface area contributed by atoms with E-state index in [0.29, 0.717) is 6.54 Å². The number of carbonyl (C=O) groups excluding carboxylic acids is 1. The number of halogens is 3. The molecule has 0 bridgehead atoms. The standard InChI is InChI=1S/C18H16F3NO/c1-2-22(15-11-7-4-8-12-15)13-16(17(23)18(19,20)21)14-9-5-3-6-10-14/h3-13H,2H2,1H3. The number of Topliss-reactive ketones (excluding diaryl/α,β-unsaturated/α-hetero) is 1. The minimum Gasteiger partial charge on any atom is -0.348 e. The predicted octanol–water partition coefficient (Wildman–Crippen LogP) is 4.69. The second-order valence-electron chi connectivity index (χ2n) is 4.86. The van der Waals surface area contributed by atoms with Crippen LogP contribution in [0.1, 0.15) is 12.5 Å². The smallest absolute Gasteiger partial charge is 0.348 e.